The van der Waals surface area contributed by atoms with Crippen molar-refractivity contribution in [2.24, 2.45) is 0 Å². The first kappa shape index (κ1) is 14.6. The van der Waals surface area contributed by atoms with Gasteiger partial charge in [-0.1, -0.05) is 11.6 Å². The van der Waals surface area contributed by atoms with Crippen molar-refractivity contribution in [3.05, 3.63) is 41.2 Å². The minimum absolute atomic E-state index is 0.609. The second-order valence-corrected chi connectivity index (χ2v) is 6.08. The van der Waals surface area contributed by atoms with E-state index >= 15 is 0 Å². The highest BCUT2D eigenvalue weighted by Crippen LogP contribution is 2.21. The molecule has 0 aliphatic carbocycles. The molecule has 5 heteroatoms. The predicted molar refractivity (Wildman–Crippen MR) is 84.3 cm³/mol. The molecule has 0 radical (unpaired) electrons. The maximum atomic E-state index is 5.89. The fraction of sp³-hybridized carbons (Fsp3) is 0.438. The molecule has 0 saturated carbocycles. The summed E-state index contributed by atoms with van der Waals surface area (Å²) in [6, 6.07) is 8.14. The number of halogens is 1. The maximum Gasteiger partial charge on any atom is 0.226 e. The molecular weight excluding hydrogens is 286 g/mol. The molecule has 2 heterocycles. The molecule has 1 saturated heterocycles. The summed E-state index contributed by atoms with van der Waals surface area (Å²) in [7, 11) is 2.12. The van der Waals surface area contributed by atoms with Crippen LogP contribution >= 0.6 is 11.6 Å². The van der Waals surface area contributed by atoms with E-state index in [0.29, 0.717) is 17.0 Å². The van der Waals surface area contributed by atoms with E-state index in [-0.39, 0.29) is 0 Å². The van der Waals surface area contributed by atoms with Crippen LogP contribution in [0.5, 0.6) is 0 Å². The molecule has 1 aliphatic rings. The average molecular weight is 306 g/mol. The monoisotopic (exact) mass is 305 g/mol. The van der Waals surface area contributed by atoms with Crippen LogP contribution in [-0.2, 0) is 6.54 Å². The molecule has 3 rings (SSSR count). The van der Waals surface area contributed by atoms with E-state index in [1.165, 1.54) is 12.8 Å². The molecule has 0 amide bonds. The first-order valence-corrected chi connectivity index (χ1v) is 7.71. The molecule has 0 spiro atoms. The van der Waals surface area contributed by atoms with Gasteiger partial charge in [0.15, 0.2) is 0 Å². The van der Waals surface area contributed by atoms with Gasteiger partial charge >= 0.3 is 0 Å². The summed E-state index contributed by atoms with van der Waals surface area (Å²) < 4.78 is 5.56. The Labute approximate surface area is 130 Å². The van der Waals surface area contributed by atoms with Gasteiger partial charge in [-0.15, -0.1) is 0 Å². The van der Waals surface area contributed by atoms with Crippen molar-refractivity contribution in [1.29, 1.82) is 0 Å². The van der Waals surface area contributed by atoms with Crippen molar-refractivity contribution < 1.29 is 4.42 Å². The standard InChI is InChI=1S/C16H20ClN3O/c1-20(9-14-3-2-8-18-14)10-15-11-21-16(19-15)12-4-6-13(17)7-5-12/h4-7,11,14,18H,2-3,8-10H2,1H3. The highest BCUT2D eigenvalue weighted by atomic mass is 35.5. The van der Waals surface area contributed by atoms with Crippen LogP contribution in [0.25, 0.3) is 11.5 Å². The third-order valence-electron chi connectivity index (χ3n) is 3.77. The minimum atomic E-state index is 0.609. The van der Waals surface area contributed by atoms with Gasteiger partial charge in [-0.05, 0) is 50.7 Å². The molecule has 1 aromatic heterocycles. The number of nitrogens with zero attached hydrogens (tertiary/aromatic N) is 2. The Hall–Kier alpha value is -1.36. The van der Waals surface area contributed by atoms with Crippen molar-refractivity contribution in [3.63, 3.8) is 0 Å². The Bertz CT molecular complexity index is 575. The van der Waals surface area contributed by atoms with Crippen molar-refractivity contribution in [2.45, 2.75) is 25.4 Å². The zero-order chi connectivity index (χ0) is 14.7. The van der Waals surface area contributed by atoms with Gasteiger partial charge in [-0.25, -0.2) is 4.98 Å². The molecular formula is C16H20ClN3O. The number of aromatic nitrogens is 1. The molecule has 112 valence electrons. The summed E-state index contributed by atoms with van der Waals surface area (Å²) >= 11 is 5.89. The van der Waals surface area contributed by atoms with Gasteiger partial charge in [-0.2, -0.15) is 0 Å². The fourth-order valence-electron chi connectivity index (χ4n) is 2.73. The van der Waals surface area contributed by atoms with Gasteiger partial charge in [0.1, 0.15) is 6.26 Å². The lowest BCUT2D eigenvalue weighted by Gasteiger charge is -2.19. The quantitative estimate of drug-likeness (QED) is 0.921. The lowest BCUT2D eigenvalue weighted by atomic mass is 10.2. The highest BCUT2D eigenvalue weighted by molar-refractivity contribution is 6.30. The molecule has 1 atom stereocenters. The maximum absolute atomic E-state index is 5.89. The first-order chi connectivity index (χ1) is 10.2. The smallest absolute Gasteiger partial charge is 0.226 e. The molecule has 2 aromatic rings. The third-order valence-corrected chi connectivity index (χ3v) is 4.02. The van der Waals surface area contributed by atoms with Gasteiger partial charge in [0.25, 0.3) is 0 Å². The number of rotatable bonds is 5. The SMILES string of the molecule is CN(Cc1coc(-c2ccc(Cl)cc2)n1)CC1CCCN1. The molecule has 1 aromatic carbocycles. The van der Waals surface area contributed by atoms with Gasteiger partial charge in [0, 0.05) is 29.7 Å². The topological polar surface area (TPSA) is 41.3 Å². The Morgan fingerprint density at radius 1 is 1.38 bits per heavy atom. The summed E-state index contributed by atoms with van der Waals surface area (Å²) in [4.78, 5) is 6.84. The molecule has 0 bridgehead atoms. The van der Waals surface area contributed by atoms with Crippen LogP contribution in [0.1, 0.15) is 18.5 Å². The van der Waals surface area contributed by atoms with Gasteiger partial charge in [0.05, 0.1) is 5.69 Å². The lowest BCUT2D eigenvalue weighted by molar-refractivity contribution is 0.290. The molecule has 1 N–H and O–H groups in total. The summed E-state index contributed by atoms with van der Waals surface area (Å²) in [6.45, 7) is 2.99. The van der Waals surface area contributed by atoms with Gasteiger partial charge in [0.2, 0.25) is 5.89 Å². The van der Waals surface area contributed by atoms with Crippen LogP contribution in [0, 0.1) is 0 Å². The van der Waals surface area contributed by atoms with Crippen LogP contribution in [0.4, 0.5) is 0 Å². The van der Waals surface area contributed by atoms with E-state index in [2.05, 4.69) is 22.2 Å². The Morgan fingerprint density at radius 2 is 2.19 bits per heavy atom. The van der Waals surface area contributed by atoms with Crippen molar-refractivity contribution in [2.75, 3.05) is 20.1 Å². The van der Waals surface area contributed by atoms with Crippen LogP contribution in [0.2, 0.25) is 5.02 Å². The number of oxazole rings is 1. The van der Waals surface area contributed by atoms with E-state index < -0.39 is 0 Å². The zero-order valence-electron chi connectivity index (χ0n) is 12.2. The molecule has 1 unspecified atom stereocenters. The second kappa shape index (κ2) is 6.60. The third kappa shape index (κ3) is 3.84. The Morgan fingerprint density at radius 3 is 2.90 bits per heavy atom. The van der Waals surface area contributed by atoms with E-state index in [4.69, 9.17) is 16.0 Å². The molecule has 1 aliphatic heterocycles. The summed E-state index contributed by atoms with van der Waals surface area (Å²) in [5.41, 5.74) is 1.91. The number of likely N-dealkylation sites (N-methyl/N-ethyl adjacent to an activating group) is 1. The second-order valence-electron chi connectivity index (χ2n) is 5.64. The average Bonchev–Trinajstić information content (AvgIpc) is 3.11. The molecule has 1 fully saturated rings. The summed E-state index contributed by atoms with van der Waals surface area (Å²) in [5, 5.41) is 4.23. The van der Waals surface area contributed by atoms with E-state index in [0.717, 1.165) is 30.9 Å². The van der Waals surface area contributed by atoms with Crippen molar-refractivity contribution in [1.82, 2.24) is 15.2 Å². The van der Waals surface area contributed by atoms with Crippen LogP contribution in [0.15, 0.2) is 34.9 Å². The highest BCUT2D eigenvalue weighted by Gasteiger charge is 2.16. The van der Waals surface area contributed by atoms with E-state index in [9.17, 15) is 0 Å². The molecule has 4 nitrogen and oxygen atoms in total. The van der Waals surface area contributed by atoms with Crippen LogP contribution in [0.3, 0.4) is 0 Å². The molecule has 21 heavy (non-hydrogen) atoms. The lowest BCUT2D eigenvalue weighted by Crippen LogP contribution is -2.35. The predicted octanol–water partition coefficient (Wildman–Crippen LogP) is 3.18. The van der Waals surface area contributed by atoms with Crippen LogP contribution < -0.4 is 5.32 Å². The summed E-state index contributed by atoms with van der Waals surface area (Å²) in [6.07, 6.45) is 4.28. The fourth-order valence-corrected chi connectivity index (χ4v) is 2.86. The number of hydrogen-bond acceptors (Lipinski definition) is 4. The number of benzene rings is 1. The zero-order valence-corrected chi connectivity index (χ0v) is 12.9. The largest absolute Gasteiger partial charge is 0.444 e. The normalized spacial score (nSPS) is 18.5. The van der Waals surface area contributed by atoms with E-state index in [1.54, 1.807) is 6.26 Å². The van der Waals surface area contributed by atoms with Crippen LogP contribution in [-0.4, -0.2) is 36.1 Å². The number of hydrogen-bond donors (Lipinski definition) is 1. The van der Waals surface area contributed by atoms with Crippen molar-refractivity contribution >= 4 is 11.6 Å². The number of nitrogens with one attached hydrogen (secondary N) is 1. The van der Waals surface area contributed by atoms with Crippen molar-refractivity contribution in [3.8, 4) is 11.5 Å². The summed E-state index contributed by atoms with van der Waals surface area (Å²) in [5.74, 6) is 0.647. The van der Waals surface area contributed by atoms with Gasteiger partial charge < -0.3 is 9.73 Å². The van der Waals surface area contributed by atoms with E-state index in [1.807, 2.05) is 24.3 Å². The Balaban J connectivity index is 1.60. The van der Waals surface area contributed by atoms with Gasteiger partial charge in [-0.3, -0.25) is 4.90 Å². The first-order valence-electron chi connectivity index (χ1n) is 7.33. The minimum Gasteiger partial charge on any atom is -0.444 e. The Kier molecular flexibility index (Phi) is 4.58.